The number of carboxylic acid groups (broad SMARTS) is 1. The van der Waals surface area contributed by atoms with E-state index in [4.69, 9.17) is 4.74 Å². The largest absolute Gasteiger partial charge is 0.480 e. The Morgan fingerprint density at radius 2 is 2.10 bits per heavy atom. The molecule has 0 aromatic heterocycles. The molecular weight excluding hydrogens is 328 g/mol. The number of halogens is 1. The van der Waals surface area contributed by atoms with Crippen LogP contribution in [0.25, 0.3) is 0 Å². The van der Waals surface area contributed by atoms with E-state index in [1.165, 1.54) is 5.01 Å². The maximum Gasteiger partial charge on any atom is 0.354 e. The number of aliphatic carboxylic acids is 1. The van der Waals surface area contributed by atoms with E-state index in [-0.39, 0.29) is 18.7 Å². The van der Waals surface area contributed by atoms with Gasteiger partial charge in [-0.25, -0.2) is 9.59 Å². The molecule has 6 nitrogen and oxygen atoms in total. The first kappa shape index (κ1) is 14.5. The number of carbonyl (C=O) groups excluding carboxylic acids is 1. The maximum absolute atomic E-state index is 11.7. The van der Waals surface area contributed by atoms with Gasteiger partial charge in [-0.15, -0.1) is 0 Å². The number of esters is 1. The number of carbonyl (C=O) groups is 2. The molecule has 0 saturated carbocycles. The van der Waals surface area contributed by atoms with Gasteiger partial charge in [0.2, 0.25) is 0 Å². The molecule has 1 aliphatic rings. The third-order valence-electron chi connectivity index (χ3n) is 2.80. The van der Waals surface area contributed by atoms with Crippen LogP contribution in [0.2, 0.25) is 0 Å². The number of hydrogen-bond acceptors (Lipinski definition) is 5. The maximum atomic E-state index is 11.7. The minimum atomic E-state index is -1.03. The Labute approximate surface area is 124 Å². The van der Waals surface area contributed by atoms with Crippen LogP contribution < -0.4 is 5.01 Å². The summed E-state index contributed by atoms with van der Waals surface area (Å²) in [5, 5.41) is 14.7. The van der Waals surface area contributed by atoms with E-state index in [2.05, 4.69) is 21.0 Å². The Balaban J connectivity index is 2.29. The van der Waals surface area contributed by atoms with Gasteiger partial charge in [0.05, 0.1) is 12.3 Å². The summed E-state index contributed by atoms with van der Waals surface area (Å²) in [4.78, 5) is 23.0. The molecule has 0 saturated heterocycles. The molecule has 0 amide bonds. The summed E-state index contributed by atoms with van der Waals surface area (Å²) >= 11 is 3.31. The molecule has 1 unspecified atom stereocenters. The number of benzene rings is 1. The minimum absolute atomic E-state index is 0.0320. The van der Waals surface area contributed by atoms with Crippen molar-refractivity contribution in [1.29, 1.82) is 0 Å². The number of hydrazone groups is 1. The van der Waals surface area contributed by atoms with E-state index < -0.39 is 18.0 Å². The Hall–Kier alpha value is -1.89. The first-order valence-corrected chi connectivity index (χ1v) is 6.84. The summed E-state index contributed by atoms with van der Waals surface area (Å²) in [6, 6.07) is 6.14. The number of carboxylic acids is 1. The van der Waals surface area contributed by atoms with Crippen LogP contribution in [0.5, 0.6) is 0 Å². The molecule has 0 spiro atoms. The van der Waals surface area contributed by atoms with E-state index in [1.54, 1.807) is 31.2 Å². The Kier molecular flexibility index (Phi) is 4.39. The van der Waals surface area contributed by atoms with Crippen LogP contribution in [0, 0.1) is 0 Å². The molecule has 2 rings (SSSR count). The topological polar surface area (TPSA) is 79.2 Å². The van der Waals surface area contributed by atoms with Crippen molar-refractivity contribution >= 4 is 39.3 Å². The summed E-state index contributed by atoms with van der Waals surface area (Å²) < 4.78 is 5.74. The van der Waals surface area contributed by atoms with Gasteiger partial charge in [-0.1, -0.05) is 15.9 Å². The molecule has 0 bridgehead atoms. The highest BCUT2D eigenvalue weighted by molar-refractivity contribution is 9.10. The van der Waals surface area contributed by atoms with Gasteiger partial charge < -0.3 is 9.84 Å². The fourth-order valence-electron chi connectivity index (χ4n) is 1.87. The fourth-order valence-corrected chi connectivity index (χ4v) is 2.14. The zero-order valence-electron chi connectivity index (χ0n) is 10.7. The second-order valence-corrected chi connectivity index (χ2v) is 5.06. The Morgan fingerprint density at radius 3 is 2.65 bits per heavy atom. The highest BCUT2D eigenvalue weighted by atomic mass is 79.9. The first-order valence-electron chi connectivity index (χ1n) is 6.05. The fraction of sp³-hybridized carbons (Fsp3) is 0.308. The van der Waals surface area contributed by atoms with Crippen LogP contribution in [0.15, 0.2) is 33.8 Å². The lowest BCUT2D eigenvalue weighted by Gasteiger charge is -2.19. The van der Waals surface area contributed by atoms with Crippen LogP contribution in [-0.4, -0.2) is 35.4 Å². The summed E-state index contributed by atoms with van der Waals surface area (Å²) in [6.07, 6.45) is 0.0320. The molecular formula is C13H13BrN2O4. The summed E-state index contributed by atoms with van der Waals surface area (Å²) in [7, 11) is 0. The van der Waals surface area contributed by atoms with Crippen molar-refractivity contribution < 1.29 is 19.4 Å². The lowest BCUT2D eigenvalue weighted by Crippen LogP contribution is -2.34. The standard InChI is InChI=1S/C13H13BrN2O4/c1-2-20-13(19)10-7-11(12(17)18)16(15-10)9-5-3-8(14)4-6-9/h3-6,11H,2,7H2,1H3,(H,17,18). The van der Waals surface area contributed by atoms with E-state index in [9.17, 15) is 14.7 Å². The highest BCUT2D eigenvalue weighted by Gasteiger charge is 2.36. The molecule has 1 heterocycles. The van der Waals surface area contributed by atoms with E-state index in [0.29, 0.717) is 5.69 Å². The van der Waals surface area contributed by atoms with Crippen molar-refractivity contribution in [3.63, 3.8) is 0 Å². The predicted octanol–water partition coefficient (Wildman–Crippen LogP) is 2.03. The van der Waals surface area contributed by atoms with Gasteiger partial charge in [0.25, 0.3) is 0 Å². The molecule has 106 valence electrons. The van der Waals surface area contributed by atoms with Gasteiger partial charge in [0.1, 0.15) is 5.71 Å². The average Bonchev–Trinajstić information content (AvgIpc) is 2.85. The van der Waals surface area contributed by atoms with Crippen LogP contribution in [0.4, 0.5) is 5.69 Å². The van der Waals surface area contributed by atoms with Crippen molar-refractivity contribution in [3.05, 3.63) is 28.7 Å². The van der Waals surface area contributed by atoms with Crippen LogP contribution >= 0.6 is 15.9 Å². The first-order chi connectivity index (χ1) is 9.52. The molecule has 0 radical (unpaired) electrons. The predicted molar refractivity (Wildman–Crippen MR) is 76.7 cm³/mol. The highest BCUT2D eigenvalue weighted by Crippen LogP contribution is 2.26. The van der Waals surface area contributed by atoms with Gasteiger partial charge >= 0.3 is 11.9 Å². The molecule has 0 fully saturated rings. The van der Waals surface area contributed by atoms with Crippen LogP contribution in [0.1, 0.15) is 13.3 Å². The quantitative estimate of drug-likeness (QED) is 0.848. The van der Waals surface area contributed by atoms with Crippen molar-refractivity contribution in [2.75, 3.05) is 11.6 Å². The lowest BCUT2D eigenvalue weighted by molar-refractivity contribution is -0.138. The molecule has 1 aromatic rings. The van der Waals surface area contributed by atoms with E-state index in [0.717, 1.165) is 4.47 Å². The second kappa shape index (κ2) is 6.04. The van der Waals surface area contributed by atoms with Crippen LogP contribution in [-0.2, 0) is 14.3 Å². The molecule has 1 aliphatic heterocycles. The summed E-state index contributed by atoms with van der Waals surface area (Å²) in [5.74, 6) is -1.60. The van der Waals surface area contributed by atoms with Crippen molar-refractivity contribution in [2.45, 2.75) is 19.4 Å². The molecule has 0 aliphatic carbocycles. The third-order valence-corrected chi connectivity index (χ3v) is 3.33. The van der Waals surface area contributed by atoms with Crippen molar-refractivity contribution in [1.82, 2.24) is 0 Å². The van der Waals surface area contributed by atoms with Gasteiger partial charge in [-0.2, -0.15) is 5.10 Å². The smallest absolute Gasteiger partial charge is 0.354 e. The lowest BCUT2D eigenvalue weighted by atomic mass is 10.1. The average molecular weight is 341 g/mol. The number of anilines is 1. The van der Waals surface area contributed by atoms with Crippen molar-refractivity contribution in [2.24, 2.45) is 5.10 Å². The van der Waals surface area contributed by atoms with Crippen LogP contribution in [0.3, 0.4) is 0 Å². The normalized spacial score (nSPS) is 17.8. The third kappa shape index (κ3) is 2.98. The molecule has 1 atom stereocenters. The van der Waals surface area contributed by atoms with Crippen molar-refractivity contribution in [3.8, 4) is 0 Å². The Bertz CT molecular complexity index is 556. The van der Waals surface area contributed by atoms with Gasteiger partial charge in [0.15, 0.2) is 6.04 Å². The molecule has 20 heavy (non-hydrogen) atoms. The Morgan fingerprint density at radius 1 is 1.45 bits per heavy atom. The number of rotatable bonds is 4. The monoisotopic (exact) mass is 340 g/mol. The zero-order valence-corrected chi connectivity index (χ0v) is 12.3. The van der Waals surface area contributed by atoms with Gasteiger partial charge in [-0.05, 0) is 31.2 Å². The van der Waals surface area contributed by atoms with E-state index >= 15 is 0 Å². The number of ether oxygens (including phenoxy) is 1. The van der Waals surface area contributed by atoms with Gasteiger partial charge in [0, 0.05) is 10.9 Å². The molecule has 1 aromatic carbocycles. The number of hydrogen-bond donors (Lipinski definition) is 1. The number of nitrogens with zero attached hydrogens (tertiary/aromatic N) is 2. The van der Waals surface area contributed by atoms with E-state index in [1.807, 2.05) is 0 Å². The summed E-state index contributed by atoms with van der Waals surface area (Å²) in [5.41, 5.74) is 0.738. The minimum Gasteiger partial charge on any atom is -0.480 e. The molecule has 7 heteroatoms. The SMILES string of the molecule is CCOC(=O)C1=NN(c2ccc(Br)cc2)C(C(=O)O)C1. The zero-order chi connectivity index (χ0) is 14.7. The summed E-state index contributed by atoms with van der Waals surface area (Å²) in [6.45, 7) is 1.92. The van der Waals surface area contributed by atoms with Gasteiger partial charge in [-0.3, -0.25) is 5.01 Å². The second-order valence-electron chi connectivity index (χ2n) is 4.15. The molecule has 1 N–H and O–H groups in total.